The Morgan fingerprint density at radius 3 is 2.29 bits per heavy atom. The Kier molecular flexibility index (Phi) is 6.17. The molecule has 5 nitrogen and oxygen atoms in total. The highest BCUT2D eigenvalue weighted by molar-refractivity contribution is 7.14. The van der Waals surface area contributed by atoms with Gasteiger partial charge in [-0.05, 0) is 24.3 Å². The van der Waals surface area contributed by atoms with E-state index in [1.54, 1.807) is 30.3 Å². The van der Waals surface area contributed by atoms with Crippen LogP contribution in [-0.2, 0) is 0 Å². The number of hydrogen-bond acceptors (Lipinski definition) is 5. The monoisotopic (exact) mass is 444 g/mol. The number of non-ortho nitro benzene ring substituents is 1. The Hall–Kier alpha value is -1.67. The molecule has 1 aromatic heterocycles. The van der Waals surface area contributed by atoms with Crippen LogP contribution in [0.3, 0.4) is 0 Å². The van der Waals surface area contributed by atoms with Gasteiger partial charge in [0.05, 0.1) is 26.3 Å². The molecular formula is C15H9BrCl2N3O2S-. The van der Waals surface area contributed by atoms with Gasteiger partial charge >= 0.3 is 0 Å². The lowest BCUT2D eigenvalue weighted by Gasteiger charge is -2.06. The van der Waals surface area contributed by atoms with Crippen molar-refractivity contribution in [2.24, 2.45) is 0 Å². The van der Waals surface area contributed by atoms with Gasteiger partial charge in [-0.3, -0.25) is 10.1 Å². The lowest BCUT2D eigenvalue weighted by molar-refractivity contribution is -0.384. The third-order valence-corrected chi connectivity index (χ3v) is 4.46. The van der Waals surface area contributed by atoms with E-state index in [4.69, 9.17) is 23.2 Å². The Bertz CT molecular complexity index is 851. The van der Waals surface area contributed by atoms with Crippen molar-refractivity contribution in [3.05, 3.63) is 68.0 Å². The summed E-state index contributed by atoms with van der Waals surface area (Å²) in [7, 11) is 0. The number of anilines is 2. The molecule has 1 heterocycles. The molecule has 0 aliphatic rings. The average Bonchev–Trinajstić information content (AvgIpc) is 3.00. The Morgan fingerprint density at radius 2 is 1.71 bits per heavy atom. The molecule has 0 amide bonds. The van der Waals surface area contributed by atoms with Crippen LogP contribution >= 0.6 is 34.5 Å². The van der Waals surface area contributed by atoms with Crippen molar-refractivity contribution in [3.8, 4) is 11.3 Å². The van der Waals surface area contributed by atoms with E-state index in [-0.39, 0.29) is 22.7 Å². The molecule has 24 heavy (non-hydrogen) atoms. The topological polar surface area (TPSA) is 68.1 Å². The van der Waals surface area contributed by atoms with Crippen LogP contribution in [-0.4, -0.2) is 9.91 Å². The van der Waals surface area contributed by atoms with Crippen LogP contribution < -0.4 is 22.3 Å². The molecule has 0 saturated carbocycles. The molecule has 3 rings (SSSR count). The maximum absolute atomic E-state index is 10.7. The Balaban J connectivity index is 0.00000208. The highest BCUT2D eigenvalue weighted by Gasteiger charge is 2.11. The van der Waals surface area contributed by atoms with Crippen molar-refractivity contribution < 1.29 is 21.9 Å². The van der Waals surface area contributed by atoms with E-state index in [1.807, 2.05) is 5.38 Å². The number of nitro groups is 1. The lowest BCUT2D eigenvalue weighted by atomic mass is 10.1. The van der Waals surface area contributed by atoms with Crippen molar-refractivity contribution >= 4 is 51.0 Å². The van der Waals surface area contributed by atoms with Crippen molar-refractivity contribution in [3.63, 3.8) is 0 Å². The van der Waals surface area contributed by atoms with Crippen molar-refractivity contribution in [2.45, 2.75) is 0 Å². The first kappa shape index (κ1) is 18.7. The number of nitro benzene ring substituents is 1. The summed E-state index contributed by atoms with van der Waals surface area (Å²) >= 11 is 13.6. The SMILES string of the molecule is O=[N+]([O-])c1ccc(-c2csc(Nc3c(Cl)cccc3Cl)n2)cc1.[Br-]. The number of para-hydroxylation sites is 1. The number of benzene rings is 2. The standard InChI is InChI=1S/C15H9Cl2N3O2S.BrH/c16-11-2-1-3-12(17)14(11)19-15-18-13(8-23-15)9-4-6-10(7-5-9)20(21)22;/h1-8H,(H,18,19);1H/p-1. The molecule has 124 valence electrons. The molecule has 1 N–H and O–H groups in total. The fourth-order valence-corrected chi connectivity index (χ4v) is 3.16. The molecule has 0 aliphatic carbocycles. The summed E-state index contributed by atoms with van der Waals surface area (Å²) in [5.74, 6) is 0. The molecule has 0 aliphatic heterocycles. The zero-order valence-electron chi connectivity index (χ0n) is 11.9. The zero-order valence-corrected chi connectivity index (χ0v) is 15.8. The van der Waals surface area contributed by atoms with Crippen LogP contribution in [0.25, 0.3) is 11.3 Å². The van der Waals surface area contributed by atoms with Gasteiger partial charge in [0.2, 0.25) is 0 Å². The quantitative estimate of drug-likeness (QED) is 0.495. The van der Waals surface area contributed by atoms with Crippen LogP contribution in [0, 0.1) is 10.1 Å². The Morgan fingerprint density at radius 1 is 1.08 bits per heavy atom. The van der Waals surface area contributed by atoms with Gasteiger partial charge in [-0.2, -0.15) is 0 Å². The molecule has 0 fully saturated rings. The molecule has 0 unspecified atom stereocenters. The van der Waals surface area contributed by atoms with Gasteiger partial charge in [-0.1, -0.05) is 29.3 Å². The summed E-state index contributed by atoms with van der Waals surface area (Å²) in [6.07, 6.45) is 0. The normalized spacial score (nSPS) is 10.1. The van der Waals surface area contributed by atoms with Gasteiger partial charge in [0, 0.05) is 23.1 Å². The van der Waals surface area contributed by atoms with Crippen LogP contribution in [0.5, 0.6) is 0 Å². The van der Waals surface area contributed by atoms with Crippen LogP contribution in [0.15, 0.2) is 47.8 Å². The summed E-state index contributed by atoms with van der Waals surface area (Å²) in [6, 6.07) is 11.5. The summed E-state index contributed by atoms with van der Waals surface area (Å²) in [5, 5.41) is 17.3. The molecule has 0 saturated heterocycles. The highest BCUT2D eigenvalue weighted by Crippen LogP contribution is 2.34. The smallest absolute Gasteiger partial charge is 0.269 e. The van der Waals surface area contributed by atoms with Gasteiger partial charge in [0.1, 0.15) is 0 Å². The predicted molar refractivity (Wildman–Crippen MR) is 93.9 cm³/mol. The number of halogens is 3. The van der Waals surface area contributed by atoms with E-state index in [0.29, 0.717) is 20.9 Å². The fraction of sp³-hybridized carbons (Fsp3) is 0. The van der Waals surface area contributed by atoms with Gasteiger partial charge < -0.3 is 22.3 Å². The number of nitrogens with zero attached hydrogens (tertiary/aromatic N) is 2. The molecule has 0 bridgehead atoms. The second-order valence-electron chi connectivity index (χ2n) is 4.56. The number of aromatic nitrogens is 1. The van der Waals surface area contributed by atoms with Crippen LogP contribution in [0.2, 0.25) is 10.0 Å². The number of rotatable bonds is 4. The maximum atomic E-state index is 10.7. The summed E-state index contributed by atoms with van der Waals surface area (Å²) in [6.45, 7) is 0. The minimum atomic E-state index is -0.433. The van der Waals surface area contributed by atoms with Gasteiger partial charge in [0.25, 0.3) is 5.69 Å². The molecule has 0 radical (unpaired) electrons. The second kappa shape index (κ2) is 7.94. The molecule has 3 aromatic rings. The van der Waals surface area contributed by atoms with Crippen molar-refractivity contribution in [1.82, 2.24) is 4.98 Å². The van der Waals surface area contributed by atoms with Crippen molar-refractivity contribution in [1.29, 1.82) is 0 Å². The number of thiazole rings is 1. The zero-order chi connectivity index (χ0) is 16.4. The minimum absolute atomic E-state index is 0. The van der Waals surface area contributed by atoms with Crippen LogP contribution in [0.4, 0.5) is 16.5 Å². The Labute approximate surface area is 162 Å². The van der Waals surface area contributed by atoms with E-state index in [0.717, 1.165) is 11.3 Å². The fourth-order valence-electron chi connectivity index (χ4n) is 1.94. The van der Waals surface area contributed by atoms with Crippen molar-refractivity contribution in [2.75, 3.05) is 5.32 Å². The molecule has 0 atom stereocenters. The summed E-state index contributed by atoms with van der Waals surface area (Å²) in [4.78, 5) is 14.7. The first-order chi connectivity index (χ1) is 11.0. The number of hydrogen-bond donors (Lipinski definition) is 1. The first-order valence-electron chi connectivity index (χ1n) is 6.46. The third-order valence-electron chi connectivity index (χ3n) is 3.07. The second-order valence-corrected chi connectivity index (χ2v) is 6.24. The molecule has 2 aromatic carbocycles. The molecule has 0 spiro atoms. The van der Waals surface area contributed by atoms with E-state index in [9.17, 15) is 10.1 Å². The van der Waals surface area contributed by atoms with Gasteiger partial charge in [-0.15, -0.1) is 11.3 Å². The van der Waals surface area contributed by atoms with Gasteiger partial charge in [-0.25, -0.2) is 4.98 Å². The minimum Gasteiger partial charge on any atom is -1.00 e. The number of nitrogens with one attached hydrogen (secondary N) is 1. The van der Waals surface area contributed by atoms with E-state index in [1.165, 1.54) is 23.5 Å². The summed E-state index contributed by atoms with van der Waals surface area (Å²) < 4.78 is 0. The van der Waals surface area contributed by atoms with E-state index < -0.39 is 4.92 Å². The average molecular weight is 446 g/mol. The maximum Gasteiger partial charge on any atom is 0.269 e. The molecular weight excluding hydrogens is 437 g/mol. The van der Waals surface area contributed by atoms with Gasteiger partial charge in [0.15, 0.2) is 5.13 Å². The lowest BCUT2D eigenvalue weighted by Crippen LogP contribution is -3.00. The molecule has 9 heteroatoms. The first-order valence-corrected chi connectivity index (χ1v) is 8.09. The third kappa shape index (κ3) is 4.05. The predicted octanol–water partition coefficient (Wildman–Crippen LogP) is 2.77. The van der Waals surface area contributed by atoms with E-state index >= 15 is 0 Å². The van der Waals surface area contributed by atoms with E-state index in [2.05, 4.69) is 10.3 Å². The van der Waals surface area contributed by atoms with Crippen LogP contribution in [0.1, 0.15) is 0 Å². The largest absolute Gasteiger partial charge is 1.00 e. The highest BCUT2D eigenvalue weighted by atomic mass is 79.9. The summed E-state index contributed by atoms with van der Waals surface area (Å²) in [5.41, 5.74) is 2.16.